The van der Waals surface area contributed by atoms with Crippen molar-refractivity contribution in [3.05, 3.63) is 29.8 Å². The minimum atomic E-state index is 0.0588. The number of amides is 1. The van der Waals surface area contributed by atoms with Crippen LogP contribution in [0.3, 0.4) is 0 Å². The van der Waals surface area contributed by atoms with E-state index in [0.29, 0.717) is 18.4 Å². The molecular formula is C20H28N4OS. The number of anilines is 1. The third-order valence-electron chi connectivity index (χ3n) is 4.60. The van der Waals surface area contributed by atoms with E-state index >= 15 is 0 Å². The fourth-order valence-electron chi connectivity index (χ4n) is 3.24. The summed E-state index contributed by atoms with van der Waals surface area (Å²) in [6.45, 7) is 4.08. The molecule has 0 saturated heterocycles. The number of nitrogens with zero attached hydrogens (tertiary/aromatic N) is 2. The van der Waals surface area contributed by atoms with Crippen molar-refractivity contribution in [3.8, 4) is 0 Å². The number of nitrogens with one attached hydrogen (secondary N) is 2. The summed E-state index contributed by atoms with van der Waals surface area (Å²) in [4.78, 5) is 16.7. The largest absolute Gasteiger partial charge is 0.326 e. The molecule has 0 atom stereocenters. The maximum atomic E-state index is 11.8. The molecule has 0 bridgehead atoms. The first-order valence-electron chi connectivity index (χ1n) is 9.53. The molecular weight excluding hydrogens is 344 g/mol. The minimum absolute atomic E-state index is 0.0588. The molecule has 0 unspecified atom stereocenters. The Morgan fingerprint density at radius 1 is 1.27 bits per heavy atom. The summed E-state index contributed by atoms with van der Waals surface area (Å²) >= 11 is 1.72. The zero-order chi connectivity index (χ0) is 18.4. The highest BCUT2D eigenvalue weighted by molar-refractivity contribution is 8.14. The molecule has 1 aromatic rings. The van der Waals surface area contributed by atoms with Crippen molar-refractivity contribution in [1.29, 1.82) is 0 Å². The summed E-state index contributed by atoms with van der Waals surface area (Å²) in [5, 5.41) is 8.38. The van der Waals surface area contributed by atoms with Gasteiger partial charge in [0.15, 0.2) is 5.17 Å². The molecule has 1 aliphatic heterocycles. The van der Waals surface area contributed by atoms with Crippen LogP contribution >= 0.6 is 11.8 Å². The van der Waals surface area contributed by atoms with Crippen molar-refractivity contribution >= 4 is 34.2 Å². The summed E-state index contributed by atoms with van der Waals surface area (Å²) in [5.74, 6) is 1.24. The third kappa shape index (κ3) is 5.59. The van der Waals surface area contributed by atoms with E-state index in [1.807, 2.05) is 38.1 Å². The van der Waals surface area contributed by atoms with Gasteiger partial charge >= 0.3 is 0 Å². The predicted octanol–water partition coefficient (Wildman–Crippen LogP) is 4.40. The van der Waals surface area contributed by atoms with Gasteiger partial charge in [-0.05, 0) is 36.5 Å². The molecule has 1 aromatic carbocycles. The standard InChI is InChI=1S/C20H28N4OS/c1-14(2)12-19(25)21-17-10-8-15(9-11-17)18-13-26-20(24-23-18)22-16-6-4-3-5-7-16/h8-11,14,16H,3-7,12-13H2,1-2H3,(H,21,25)(H,22,24). The van der Waals surface area contributed by atoms with Gasteiger partial charge in [0.25, 0.3) is 0 Å². The van der Waals surface area contributed by atoms with Crippen molar-refractivity contribution in [1.82, 2.24) is 5.43 Å². The number of benzene rings is 1. The van der Waals surface area contributed by atoms with Crippen molar-refractivity contribution in [2.75, 3.05) is 11.1 Å². The summed E-state index contributed by atoms with van der Waals surface area (Å²) in [7, 11) is 0. The molecule has 1 aliphatic carbocycles. The Hall–Kier alpha value is -1.82. The Kier molecular flexibility index (Phi) is 6.72. The van der Waals surface area contributed by atoms with Crippen LogP contribution in [-0.2, 0) is 4.79 Å². The van der Waals surface area contributed by atoms with Crippen LogP contribution in [0.1, 0.15) is 57.9 Å². The maximum absolute atomic E-state index is 11.8. The average Bonchev–Trinajstić information content (AvgIpc) is 2.63. The second-order valence-corrected chi connectivity index (χ2v) is 8.37. The number of thioether (sulfide) groups is 1. The number of amidine groups is 1. The van der Waals surface area contributed by atoms with Crippen LogP contribution in [-0.4, -0.2) is 28.6 Å². The number of hydrogen-bond acceptors (Lipinski definition) is 4. The molecule has 140 valence electrons. The van der Waals surface area contributed by atoms with E-state index in [2.05, 4.69) is 15.8 Å². The summed E-state index contributed by atoms with van der Waals surface area (Å²) < 4.78 is 0. The van der Waals surface area contributed by atoms with E-state index < -0.39 is 0 Å². The normalized spacial score (nSPS) is 20.0. The van der Waals surface area contributed by atoms with E-state index in [1.165, 1.54) is 32.1 Å². The highest BCUT2D eigenvalue weighted by Gasteiger charge is 2.17. The molecule has 1 saturated carbocycles. The number of hydrogen-bond donors (Lipinski definition) is 2. The number of rotatable bonds is 5. The van der Waals surface area contributed by atoms with E-state index in [1.54, 1.807) is 11.8 Å². The van der Waals surface area contributed by atoms with Gasteiger partial charge in [0.1, 0.15) is 0 Å². The van der Waals surface area contributed by atoms with Crippen LogP contribution in [0.4, 0.5) is 5.69 Å². The van der Waals surface area contributed by atoms with Crippen LogP contribution < -0.4 is 10.7 Å². The Labute approximate surface area is 160 Å². The molecule has 1 heterocycles. The van der Waals surface area contributed by atoms with Gasteiger partial charge in [-0.2, -0.15) is 5.10 Å². The van der Waals surface area contributed by atoms with Gasteiger partial charge in [0.2, 0.25) is 5.91 Å². The van der Waals surface area contributed by atoms with Crippen molar-refractivity contribution in [2.45, 2.75) is 58.4 Å². The highest BCUT2D eigenvalue weighted by atomic mass is 32.2. The van der Waals surface area contributed by atoms with Crippen molar-refractivity contribution < 1.29 is 4.79 Å². The lowest BCUT2D eigenvalue weighted by atomic mass is 9.96. The van der Waals surface area contributed by atoms with Crippen LogP contribution in [0.2, 0.25) is 0 Å². The Morgan fingerprint density at radius 2 is 2.00 bits per heavy atom. The van der Waals surface area contributed by atoms with E-state index in [4.69, 9.17) is 4.99 Å². The lowest BCUT2D eigenvalue weighted by molar-refractivity contribution is -0.116. The zero-order valence-corrected chi connectivity index (χ0v) is 16.4. The first-order valence-corrected chi connectivity index (χ1v) is 10.5. The van der Waals surface area contributed by atoms with Gasteiger partial charge in [-0.15, -0.1) is 0 Å². The highest BCUT2D eigenvalue weighted by Crippen LogP contribution is 2.23. The van der Waals surface area contributed by atoms with Crippen molar-refractivity contribution in [2.24, 2.45) is 16.0 Å². The molecule has 1 fully saturated rings. The Balaban J connectivity index is 1.56. The molecule has 26 heavy (non-hydrogen) atoms. The topological polar surface area (TPSA) is 65.8 Å². The van der Waals surface area contributed by atoms with Crippen LogP contribution in [0.25, 0.3) is 0 Å². The van der Waals surface area contributed by atoms with E-state index in [-0.39, 0.29) is 5.91 Å². The van der Waals surface area contributed by atoms with Gasteiger partial charge in [-0.25, -0.2) is 0 Å². The monoisotopic (exact) mass is 372 g/mol. The number of carbonyl (C=O) groups excluding carboxylic acids is 1. The van der Waals surface area contributed by atoms with Crippen molar-refractivity contribution in [3.63, 3.8) is 0 Å². The quantitative estimate of drug-likeness (QED) is 0.805. The molecule has 5 nitrogen and oxygen atoms in total. The van der Waals surface area contributed by atoms with E-state index in [0.717, 1.165) is 27.9 Å². The molecule has 6 heteroatoms. The molecule has 0 spiro atoms. The van der Waals surface area contributed by atoms with Crippen LogP contribution in [0.5, 0.6) is 0 Å². The van der Waals surface area contributed by atoms with Gasteiger partial charge in [0, 0.05) is 17.9 Å². The molecule has 3 rings (SSSR count). The molecule has 0 radical (unpaired) electrons. The molecule has 2 N–H and O–H groups in total. The Bertz CT molecular complexity index is 676. The summed E-state index contributed by atoms with van der Waals surface area (Å²) in [6.07, 6.45) is 6.87. The summed E-state index contributed by atoms with van der Waals surface area (Å²) in [6, 6.07) is 8.35. The lowest BCUT2D eigenvalue weighted by Crippen LogP contribution is -2.27. The van der Waals surface area contributed by atoms with Crippen LogP contribution in [0.15, 0.2) is 34.4 Å². The fourth-order valence-corrected chi connectivity index (χ4v) is 4.07. The maximum Gasteiger partial charge on any atom is 0.224 e. The predicted molar refractivity (Wildman–Crippen MR) is 111 cm³/mol. The first kappa shape index (κ1) is 19.0. The average molecular weight is 373 g/mol. The molecule has 1 amide bonds. The molecule has 0 aromatic heterocycles. The van der Waals surface area contributed by atoms with Crippen LogP contribution in [0, 0.1) is 5.92 Å². The Morgan fingerprint density at radius 3 is 2.62 bits per heavy atom. The zero-order valence-electron chi connectivity index (χ0n) is 15.6. The number of hydrazone groups is 1. The van der Waals surface area contributed by atoms with E-state index in [9.17, 15) is 4.79 Å². The first-order chi connectivity index (χ1) is 12.6. The number of aliphatic imine (C=N–C) groups is 1. The minimum Gasteiger partial charge on any atom is -0.326 e. The van der Waals surface area contributed by atoms with Gasteiger partial charge in [-0.3, -0.25) is 15.2 Å². The smallest absolute Gasteiger partial charge is 0.224 e. The lowest BCUT2D eigenvalue weighted by Gasteiger charge is -2.21. The second kappa shape index (κ2) is 9.21. The number of carbonyl (C=O) groups is 1. The van der Waals surface area contributed by atoms with Gasteiger partial charge < -0.3 is 5.32 Å². The van der Waals surface area contributed by atoms with Gasteiger partial charge in [-0.1, -0.05) is 57.0 Å². The SMILES string of the molecule is CC(C)CC(=O)Nc1ccc(C2=NNC(=NC3CCCCC3)SC2)cc1. The summed E-state index contributed by atoms with van der Waals surface area (Å²) in [5.41, 5.74) is 6.03. The third-order valence-corrected chi connectivity index (χ3v) is 5.49. The fraction of sp³-hybridized carbons (Fsp3) is 0.550. The molecule has 2 aliphatic rings. The van der Waals surface area contributed by atoms with Gasteiger partial charge in [0.05, 0.1) is 11.8 Å². The second-order valence-electron chi connectivity index (χ2n) is 7.41.